The summed E-state index contributed by atoms with van der Waals surface area (Å²) in [5, 5.41) is 3.33. The topological polar surface area (TPSA) is 41.6 Å². The molecule has 1 aliphatic carbocycles. The number of ether oxygens (including phenoxy) is 1. The minimum absolute atomic E-state index is 0.181. The molecule has 0 saturated heterocycles. The second-order valence-corrected chi connectivity index (χ2v) is 5.95. The fourth-order valence-corrected chi connectivity index (χ4v) is 2.96. The van der Waals surface area contributed by atoms with E-state index in [-0.39, 0.29) is 17.6 Å². The van der Waals surface area contributed by atoms with E-state index in [4.69, 9.17) is 4.74 Å². The minimum Gasteiger partial charge on any atom is -0.468 e. The van der Waals surface area contributed by atoms with Crippen molar-refractivity contribution in [2.45, 2.75) is 51.1 Å². The summed E-state index contributed by atoms with van der Waals surface area (Å²) in [7, 11) is 5.72. The van der Waals surface area contributed by atoms with Crippen molar-refractivity contribution in [2.24, 2.45) is 5.92 Å². The lowest BCUT2D eigenvalue weighted by Crippen LogP contribution is -2.56. The Hall–Kier alpha value is -0.610. The molecule has 0 heterocycles. The average Bonchev–Trinajstić information content (AvgIpc) is 2.34. The van der Waals surface area contributed by atoms with Gasteiger partial charge in [0.25, 0.3) is 0 Å². The normalized spacial score (nSPS) is 30.2. The van der Waals surface area contributed by atoms with E-state index in [1.807, 2.05) is 6.92 Å². The molecule has 0 aliphatic heterocycles. The van der Waals surface area contributed by atoms with Gasteiger partial charge in [-0.15, -0.1) is 0 Å². The molecule has 106 valence electrons. The van der Waals surface area contributed by atoms with Gasteiger partial charge in [0.05, 0.1) is 7.11 Å². The molecular weight excluding hydrogens is 228 g/mol. The third-order valence-corrected chi connectivity index (χ3v) is 4.31. The van der Waals surface area contributed by atoms with Crippen LogP contribution in [-0.2, 0) is 9.53 Å². The van der Waals surface area contributed by atoms with Crippen LogP contribution < -0.4 is 5.32 Å². The highest BCUT2D eigenvalue weighted by Crippen LogP contribution is 2.35. The second kappa shape index (κ2) is 6.53. The van der Waals surface area contributed by atoms with Crippen molar-refractivity contribution >= 4 is 5.97 Å². The predicted molar refractivity (Wildman–Crippen MR) is 73.5 cm³/mol. The number of methoxy groups -OCH3 is 1. The first-order valence-electron chi connectivity index (χ1n) is 6.90. The van der Waals surface area contributed by atoms with Gasteiger partial charge in [0, 0.05) is 12.1 Å². The zero-order chi connectivity index (χ0) is 13.8. The third-order valence-electron chi connectivity index (χ3n) is 4.31. The maximum absolute atomic E-state index is 11.4. The van der Waals surface area contributed by atoms with Crippen LogP contribution in [0.4, 0.5) is 0 Å². The Labute approximate surface area is 111 Å². The summed E-state index contributed by atoms with van der Waals surface area (Å²) < 4.78 is 4.75. The van der Waals surface area contributed by atoms with Crippen molar-refractivity contribution in [3.05, 3.63) is 0 Å². The quantitative estimate of drug-likeness (QED) is 0.759. The van der Waals surface area contributed by atoms with Crippen LogP contribution in [0.1, 0.15) is 39.5 Å². The molecule has 18 heavy (non-hydrogen) atoms. The Kier molecular flexibility index (Phi) is 5.60. The number of hydrogen-bond donors (Lipinski definition) is 1. The van der Waals surface area contributed by atoms with Gasteiger partial charge < -0.3 is 15.0 Å². The van der Waals surface area contributed by atoms with Gasteiger partial charge >= 0.3 is 5.97 Å². The summed E-state index contributed by atoms with van der Waals surface area (Å²) in [6, 6.07) is -0.232. The van der Waals surface area contributed by atoms with Crippen LogP contribution in [0.5, 0.6) is 0 Å². The molecule has 0 bridgehead atoms. The number of nitrogens with one attached hydrogen (secondary N) is 1. The molecule has 1 N–H and O–H groups in total. The fraction of sp³-hybridized carbons (Fsp3) is 0.929. The van der Waals surface area contributed by atoms with E-state index in [2.05, 4.69) is 31.2 Å². The van der Waals surface area contributed by atoms with Crippen molar-refractivity contribution in [1.29, 1.82) is 0 Å². The van der Waals surface area contributed by atoms with Crippen LogP contribution in [0.2, 0.25) is 0 Å². The molecular formula is C14H28N2O2. The number of hydrogen-bond acceptors (Lipinski definition) is 4. The molecule has 1 saturated carbocycles. The number of rotatable bonds is 5. The van der Waals surface area contributed by atoms with E-state index in [1.54, 1.807) is 0 Å². The summed E-state index contributed by atoms with van der Waals surface area (Å²) in [6.45, 7) is 5.03. The highest BCUT2D eigenvalue weighted by Gasteiger charge is 2.37. The number of likely N-dealkylation sites (N-methyl/N-ethyl adjacent to an activating group) is 1. The van der Waals surface area contributed by atoms with Crippen molar-refractivity contribution in [3.63, 3.8) is 0 Å². The van der Waals surface area contributed by atoms with Gasteiger partial charge in [-0.25, -0.2) is 0 Å². The molecule has 0 aromatic carbocycles. The van der Waals surface area contributed by atoms with E-state index < -0.39 is 0 Å². The summed E-state index contributed by atoms with van der Waals surface area (Å²) in [4.78, 5) is 13.7. The van der Waals surface area contributed by atoms with Gasteiger partial charge in [0.15, 0.2) is 0 Å². The van der Waals surface area contributed by atoms with Gasteiger partial charge in [0.2, 0.25) is 0 Å². The highest BCUT2D eigenvalue weighted by atomic mass is 16.5. The third kappa shape index (κ3) is 3.69. The molecule has 3 unspecified atom stereocenters. The maximum atomic E-state index is 11.4. The van der Waals surface area contributed by atoms with Crippen LogP contribution in [0, 0.1) is 5.92 Å². The number of esters is 1. The van der Waals surface area contributed by atoms with E-state index >= 15 is 0 Å². The Balaban J connectivity index is 2.60. The second-order valence-electron chi connectivity index (χ2n) is 5.95. The summed E-state index contributed by atoms with van der Waals surface area (Å²) >= 11 is 0. The van der Waals surface area contributed by atoms with Gasteiger partial charge in [-0.3, -0.25) is 4.79 Å². The van der Waals surface area contributed by atoms with Gasteiger partial charge in [0.1, 0.15) is 6.04 Å². The highest BCUT2D eigenvalue weighted by molar-refractivity contribution is 5.75. The molecule has 1 fully saturated rings. The molecule has 0 spiro atoms. The van der Waals surface area contributed by atoms with Crippen LogP contribution in [-0.4, -0.2) is 50.2 Å². The van der Waals surface area contributed by atoms with E-state index in [0.29, 0.717) is 0 Å². The van der Waals surface area contributed by atoms with Crippen LogP contribution in [0.3, 0.4) is 0 Å². The predicted octanol–water partition coefficient (Wildman–Crippen LogP) is 1.65. The minimum atomic E-state index is -0.232. The first kappa shape index (κ1) is 15.4. The van der Waals surface area contributed by atoms with Crippen LogP contribution >= 0.6 is 0 Å². The van der Waals surface area contributed by atoms with E-state index in [9.17, 15) is 4.79 Å². The number of nitrogens with zero attached hydrogens (tertiary/aromatic N) is 1. The lowest BCUT2D eigenvalue weighted by molar-refractivity contribution is -0.142. The van der Waals surface area contributed by atoms with E-state index in [1.165, 1.54) is 32.8 Å². The van der Waals surface area contributed by atoms with Crippen LogP contribution in [0.25, 0.3) is 0 Å². The molecule has 0 aromatic rings. The van der Waals surface area contributed by atoms with Gasteiger partial charge in [-0.2, -0.15) is 0 Å². The fourth-order valence-electron chi connectivity index (χ4n) is 2.96. The molecule has 1 aliphatic rings. The smallest absolute Gasteiger partial charge is 0.322 e. The van der Waals surface area contributed by atoms with Gasteiger partial charge in [-0.05, 0) is 39.8 Å². The molecule has 4 nitrogen and oxygen atoms in total. The molecule has 1 rings (SSSR count). The zero-order valence-electron chi connectivity index (χ0n) is 12.5. The Bertz CT molecular complexity index is 281. The zero-order valence-corrected chi connectivity index (χ0v) is 12.5. The van der Waals surface area contributed by atoms with Gasteiger partial charge in [-0.1, -0.05) is 19.8 Å². The van der Waals surface area contributed by atoms with Crippen molar-refractivity contribution < 1.29 is 9.53 Å². The van der Waals surface area contributed by atoms with Crippen molar-refractivity contribution in [2.75, 3.05) is 27.7 Å². The van der Waals surface area contributed by atoms with Crippen molar-refractivity contribution in [3.8, 4) is 0 Å². The largest absolute Gasteiger partial charge is 0.468 e. The number of carbonyl (C=O) groups is 1. The Morgan fingerprint density at radius 3 is 2.72 bits per heavy atom. The molecule has 4 heteroatoms. The summed E-state index contributed by atoms with van der Waals surface area (Å²) in [5.74, 6) is 0.573. The molecule has 0 aromatic heterocycles. The number of carbonyl (C=O) groups excluding carboxylic acids is 1. The first-order chi connectivity index (χ1) is 8.41. The molecule has 0 radical (unpaired) electrons. The van der Waals surface area contributed by atoms with E-state index in [0.717, 1.165) is 12.5 Å². The molecule has 0 amide bonds. The van der Waals surface area contributed by atoms with Crippen molar-refractivity contribution in [1.82, 2.24) is 10.2 Å². The summed E-state index contributed by atoms with van der Waals surface area (Å²) in [5.41, 5.74) is 0.181. The lowest BCUT2D eigenvalue weighted by Gasteiger charge is -2.45. The lowest BCUT2D eigenvalue weighted by atomic mass is 9.75. The SMILES string of the molecule is COC(=O)C(C)NCC1(N(C)C)CCCC(C)C1. The Morgan fingerprint density at radius 2 is 2.22 bits per heavy atom. The monoisotopic (exact) mass is 256 g/mol. The Morgan fingerprint density at radius 1 is 1.56 bits per heavy atom. The summed E-state index contributed by atoms with van der Waals surface area (Å²) in [6.07, 6.45) is 4.99. The average molecular weight is 256 g/mol. The maximum Gasteiger partial charge on any atom is 0.322 e. The first-order valence-corrected chi connectivity index (χ1v) is 6.90. The molecule has 3 atom stereocenters. The van der Waals surface area contributed by atoms with Crippen LogP contribution in [0.15, 0.2) is 0 Å². The standard InChI is InChI=1S/C14H28N2O2/c1-11-7-6-8-14(9-11,16(3)4)10-15-12(2)13(17)18-5/h11-12,15H,6-10H2,1-5H3.